The van der Waals surface area contributed by atoms with Gasteiger partial charge in [0.2, 0.25) is 0 Å². The topological polar surface area (TPSA) is 32.3 Å². The number of halogens is 2. The minimum absolute atomic E-state index is 0.273. The molecule has 84 valence electrons. The van der Waals surface area contributed by atoms with Crippen LogP contribution in [0.4, 0.5) is 4.39 Å². The molecule has 1 unspecified atom stereocenters. The number of benzene rings is 1. The molecule has 0 spiro atoms. The molecule has 0 heterocycles. The van der Waals surface area contributed by atoms with Gasteiger partial charge < -0.3 is 10.4 Å². The summed E-state index contributed by atoms with van der Waals surface area (Å²) in [7, 11) is 0. The molecule has 1 atom stereocenters. The molecule has 0 bridgehead atoms. The Bertz CT molecular complexity index is 330. The maximum Gasteiger partial charge on any atom is 0.129 e. The number of hydrogen-bond acceptors (Lipinski definition) is 2. The van der Waals surface area contributed by atoms with Crippen LogP contribution in [0.2, 0.25) is 0 Å². The van der Waals surface area contributed by atoms with Crippen molar-refractivity contribution >= 4 is 15.9 Å². The Kier molecular flexibility index (Phi) is 4.70. The molecule has 0 radical (unpaired) electrons. The summed E-state index contributed by atoms with van der Waals surface area (Å²) in [6.45, 7) is 4.30. The van der Waals surface area contributed by atoms with Gasteiger partial charge >= 0.3 is 0 Å². The van der Waals surface area contributed by atoms with E-state index in [-0.39, 0.29) is 11.9 Å². The molecule has 0 saturated carbocycles. The Balaban J connectivity index is 2.72. The number of rotatable bonds is 4. The van der Waals surface area contributed by atoms with Gasteiger partial charge in [-0.1, -0.05) is 29.8 Å². The zero-order valence-electron chi connectivity index (χ0n) is 8.80. The second-order valence-corrected chi connectivity index (χ2v) is 4.66. The standard InChI is InChI=1S/C11H15BrFNO/c1-7(2)14-6-11(15)9-5-8(12)3-4-10(9)13/h3-5,7,11,14-15H,6H2,1-2H3. The van der Waals surface area contributed by atoms with Crippen LogP contribution in [0.1, 0.15) is 25.5 Å². The summed E-state index contributed by atoms with van der Waals surface area (Å²) >= 11 is 3.25. The molecule has 1 rings (SSSR count). The number of hydrogen-bond donors (Lipinski definition) is 2. The van der Waals surface area contributed by atoms with Crippen molar-refractivity contribution in [2.45, 2.75) is 26.0 Å². The van der Waals surface area contributed by atoms with E-state index in [0.29, 0.717) is 12.1 Å². The number of nitrogens with one attached hydrogen (secondary N) is 1. The van der Waals surface area contributed by atoms with Gasteiger partial charge in [0.25, 0.3) is 0 Å². The first kappa shape index (κ1) is 12.6. The van der Waals surface area contributed by atoms with Crippen molar-refractivity contribution in [3.05, 3.63) is 34.1 Å². The van der Waals surface area contributed by atoms with E-state index in [1.165, 1.54) is 6.07 Å². The maximum atomic E-state index is 13.3. The van der Waals surface area contributed by atoms with E-state index in [9.17, 15) is 9.50 Å². The normalized spacial score (nSPS) is 13.2. The fourth-order valence-corrected chi connectivity index (χ4v) is 1.61. The first-order valence-electron chi connectivity index (χ1n) is 4.87. The zero-order valence-corrected chi connectivity index (χ0v) is 10.4. The monoisotopic (exact) mass is 275 g/mol. The Morgan fingerprint density at radius 3 is 2.73 bits per heavy atom. The third kappa shape index (κ3) is 3.89. The van der Waals surface area contributed by atoms with E-state index in [2.05, 4.69) is 21.2 Å². The molecule has 2 N–H and O–H groups in total. The van der Waals surface area contributed by atoms with Gasteiger partial charge in [0, 0.05) is 22.6 Å². The Hall–Kier alpha value is -0.450. The van der Waals surface area contributed by atoms with Crippen LogP contribution in [-0.4, -0.2) is 17.7 Å². The van der Waals surface area contributed by atoms with Gasteiger partial charge in [-0.15, -0.1) is 0 Å². The van der Waals surface area contributed by atoms with Crippen molar-refractivity contribution in [1.29, 1.82) is 0 Å². The average Bonchev–Trinajstić information content (AvgIpc) is 2.18. The first-order chi connectivity index (χ1) is 7.00. The molecule has 15 heavy (non-hydrogen) atoms. The Labute approximate surface area is 97.6 Å². The van der Waals surface area contributed by atoms with Gasteiger partial charge in [-0.25, -0.2) is 4.39 Å². The highest BCUT2D eigenvalue weighted by Gasteiger charge is 2.13. The molecule has 0 aliphatic rings. The van der Waals surface area contributed by atoms with E-state index < -0.39 is 6.10 Å². The third-order valence-electron chi connectivity index (χ3n) is 2.04. The number of aliphatic hydroxyl groups excluding tert-OH is 1. The molecular formula is C11H15BrFNO. The lowest BCUT2D eigenvalue weighted by Crippen LogP contribution is -2.28. The largest absolute Gasteiger partial charge is 0.387 e. The van der Waals surface area contributed by atoms with Crippen LogP contribution in [0.15, 0.2) is 22.7 Å². The molecule has 0 saturated heterocycles. The predicted octanol–water partition coefficient (Wildman–Crippen LogP) is 2.62. The third-order valence-corrected chi connectivity index (χ3v) is 2.53. The summed E-state index contributed by atoms with van der Waals surface area (Å²) < 4.78 is 14.1. The van der Waals surface area contributed by atoms with Crippen molar-refractivity contribution < 1.29 is 9.50 Å². The molecule has 2 nitrogen and oxygen atoms in total. The smallest absolute Gasteiger partial charge is 0.129 e. The van der Waals surface area contributed by atoms with Gasteiger partial charge in [0.1, 0.15) is 5.82 Å². The summed E-state index contributed by atoms with van der Waals surface area (Å²) in [5, 5.41) is 12.8. The number of aliphatic hydroxyl groups is 1. The maximum absolute atomic E-state index is 13.3. The average molecular weight is 276 g/mol. The molecule has 0 fully saturated rings. The molecule has 0 aliphatic heterocycles. The van der Waals surface area contributed by atoms with Gasteiger partial charge in [-0.05, 0) is 18.2 Å². The fourth-order valence-electron chi connectivity index (χ4n) is 1.23. The lowest BCUT2D eigenvalue weighted by atomic mass is 10.1. The van der Waals surface area contributed by atoms with Gasteiger partial charge in [0.15, 0.2) is 0 Å². The summed E-state index contributed by atoms with van der Waals surface area (Å²) in [6, 6.07) is 4.83. The van der Waals surface area contributed by atoms with E-state index in [1.807, 2.05) is 13.8 Å². The van der Waals surface area contributed by atoms with Crippen molar-refractivity contribution in [2.24, 2.45) is 0 Å². The summed E-state index contributed by atoms with van der Waals surface area (Å²) in [6.07, 6.45) is -0.815. The predicted molar refractivity (Wildman–Crippen MR) is 62.2 cm³/mol. The molecule has 4 heteroatoms. The summed E-state index contributed by atoms with van der Waals surface area (Å²) in [4.78, 5) is 0. The minimum atomic E-state index is -0.815. The zero-order chi connectivity index (χ0) is 11.4. The van der Waals surface area contributed by atoms with Crippen molar-refractivity contribution in [1.82, 2.24) is 5.32 Å². The van der Waals surface area contributed by atoms with Crippen LogP contribution in [0.3, 0.4) is 0 Å². The van der Waals surface area contributed by atoms with Gasteiger partial charge in [0.05, 0.1) is 6.10 Å². The second kappa shape index (κ2) is 5.58. The van der Waals surface area contributed by atoms with Gasteiger partial charge in [-0.3, -0.25) is 0 Å². The highest BCUT2D eigenvalue weighted by Crippen LogP contribution is 2.21. The van der Waals surface area contributed by atoms with Crippen LogP contribution in [0, 0.1) is 5.82 Å². The van der Waals surface area contributed by atoms with Crippen LogP contribution in [-0.2, 0) is 0 Å². The fraction of sp³-hybridized carbons (Fsp3) is 0.455. The second-order valence-electron chi connectivity index (χ2n) is 3.74. The lowest BCUT2D eigenvalue weighted by molar-refractivity contribution is 0.167. The Morgan fingerprint density at radius 2 is 2.13 bits per heavy atom. The lowest BCUT2D eigenvalue weighted by Gasteiger charge is -2.15. The summed E-state index contributed by atoms with van der Waals surface area (Å²) in [5.74, 6) is -0.378. The highest BCUT2D eigenvalue weighted by molar-refractivity contribution is 9.10. The van der Waals surface area contributed by atoms with Crippen LogP contribution in [0.5, 0.6) is 0 Å². The Morgan fingerprint density at radius 1 is 1.47 bits per heavy atom. The quantitative estimate of drug-likeness (QED) is 0.886. The van der Waals surface area contributed by atoms with Crippen molar-refractivity contribution in [3.63, 3.8) is 0 Å². The van der Waals surface area contributed by atoms with E-state index in [1.54, 1.807) is 12.1 Å². The molecule has 0 aromatic heterocycles. The SMILES string of the molecule is CC(C)NCC(O)c1cc(Br)ccc1F. The molecule has 0 aliphatic carbocycles. The van der Waals surface area contributed by atoms with Crippen LogP contribution >= 0.6 is 15.9 Å². The molecule has 0 amide bonds. The highest BCUT2D eigenvalue weighted by atomic mass is 79.9. The van der Waals surface area contributed by atoms with E-state index in [0.717, 1.165) is 4.47 Å². The van der Waals surface area contributed by atoms with Gasteiger partial charge in [-0.2, -0.15) is 0 Å². The van der Waals surface area contributed by atoms with Crippen molar-refractivity contribution in [3.8, 4) is 0 Å². The first-order valence-corrected chi connectivity index (χ1v) is 5.66. The molecule has 1 aromatic rings. The minimum Gasteiger partial charge on any atom is -0.387 e. The van der Waals surface area contributed by atoms with Crippen LogP contribution in [0.25, 0.3) is 0 Å². The summed E-state index contributed by atoms with van der Waals surface area (Å²) in [5.41, 5.74) is 0.317. The van der Waals surface area contributed by atoms with E-state index >= 15 is 0 Å². The molecule has 1 aromatic carbocycles. The van der Waals surface area contributed by atoms with Crippen molar-refractivity contribution in [2.75, 3.05) is 6.54 Å². The van der Waals surface area contributed by atoms with Crippen LogP contribution < -0.4 is 5.32 Å². The van der Waals surface area contributed by atoms with E-state index in [4.69, 9.17) is 0 Å². The molecular weight excluding hydrogens is 261 g/mol.